The Morgan fingerprint density at radius 1 is 0.951 bits per heavy atom. The second-order valence-corrected chi connectivity index (χ2v) is 12.3. The van der Waals surface area contributed by atoms with Gasteiger partial charge in [-0.05, 0) is 74.9 Å². The van der Waals surface area contributed by atoms with Crippen LogP contribution in [-0.2, 0) is 21.2 Å². The van der Waals surface area contributed by atoms with Crippen molar-refractivity contribution in [3.05, 3.63) is 89.1 Å². The second-order valence-electron chi connectivity index (χ2n) is 9.80. The molecule has 0 aliphatic rings. The maximum Gasteiger partial charge on any atom is 0.573 e. The smallest absolute Gasteiger partial charge is 0.497 e. The van der Waals surface area contributed by atoms with E-state index in [1.54, 1.807) is 41.8 Å². The summed E-state index contributed by atoms with van der Waals surface area (Å²) in [5.74, 6) is -1.85. The van der Waals surface area contributed by atoms with E-state index in [1.165, 1.54) is 31.4 Å². The molecule has 41 heavy (non-hydrogen) atoms. The Kier molecular flexibility index (Phi) is 7.65. The first kappa shape index (κ1) is 29.7. The summed E-state index contributed by atoms with van der Waals surface area (Å²) in [6, 6.07) is 15.6. The average molecular weight is 590 g/mol. The van der Waals surface area contributed by atoms with Gasteiger partial charge in [0.1, 0.15) is 11.5 Å². The molecule has 0 unspecified atom stereocenters. The molecule has 1 heterocycles. The standard InChI is InChI=1S/C29H26F3NO7S/c1-17-25(26(34)19-8-10-20(39-4)11-9-19)23-13-12-21(40-29(30,31)32)15-24(23)33(17)16-18-6-5-7-22(14-18)41(37,38)28(2,3)27(35)36/h5-15H,16H2,1-4H3,(H,35,36). The predicted octanol–water partition coefficient (Wildman–Crippen LogP) is 5.77. The number of alkyl halides is 3. The molecule has 0 saturated heterocycles. The van der Waals surface area contributed by atoms with Crippen LogP contribution < -0.4 is 9.47 Å². The van der Waals surface area contributed by atoms with E-state index in [2.05, 4.69) is 4.74 Å². The quantitative estimate of drug-likeness (QED) is 0.247. The Labute approximate surface area is 233 Å². The van der Waals surface area contributed by atoms with Gasteiger partial charge in [-0.25, -0.2) is 8.42 Å². The van der Waals surface area contributed by atoms with Gasteiger partial charge >= 0.3 is 12.3 Å². The molecular formula is C29H26F3NO7S. The molecule has 8 nitrogen and oxygen atoms in total. The molecule has 216 valence electrons. The van der Waals surface area contributed by atoms with Crippen molar-refractivity contribution in [3.63, 3.8) is 0 Å². The third-order valence-corrected chi connectivity index (χ3v) is 9.24. The number of carboxylic acids is 1. The third-order valence-electron chi connectivity index (χ3n) is 6.85. The van der Waals surface area contributed by atoms with Crippen molar-refractivity contribution in [1.82, 2.24) is 4.57 Å². The molecule has 0 fully saturated rings. The summed E-state index contributed by atoms with van der Waals surface area (Å²) in [5.41, 5.74) is 1.66. The average Bonchev–Trinajstić information content (AvgIpc) is 3.17. The minimum absolute atomic E-state index is 0.0371. The van der Waals surface area contributed by atoms with Crippen molar-refractivity contribution >= 4 is 32.5 Å². The first-order valence-corrected chi connectivity index (χ1v) is 13.7. The fourth-order valence-electron chi connectivity index (χ4n) is 4.43. The van der Waals surface area contributed by atoms with Gasteiger partial charge in [0.2, 0.25) is 0 Å². The van der Waals surface area contributed by atoms with Gasteiger partial charge in [-0.1, -0.05) is 12.1 Å². The van der Waals surface area contributed by atoms with Crippen molar-refractivity contribution in [2.75, 3.05) is 7.11 Å². The Bertz CT molecular complexity index is 1760. The van der Waals surface area contributed by atoms with Gasteiger partial charge in [-0.2, -0.15) is 0 Å². The normalized spacial score (nSPS) is 12.4. The first-order chi connectivity index (χ1) is 19.1. The fourth-order valence-corrected chi connectivity index (χ4v) is 5.82. The van der Waals surface area contributed by atoms with Gasteiger partial charge in [-0.15, -0.1) is 13.2 Å². The number of aliphatic carboxylic acids is 1. The molecule has 12 heteroatoms. The van der Waals surface area contributed by atoms with Crippen molar-refractivity contribution in [2.24, 2.45) is 0 Å². The van der Waals surface area contributed by atoms with Crippen LogP contribution in [0.1, 0.15) is 41.0 Å². The van der Waals surface area contributed by atoms with Gasteiger partial charge in [0.05, 0.1) is 23.1 Å². The number of ketones is 1. The molecule has 0 amide bonds. The van der Waals surface area contributed by atoms with Gasteiger partial charge < -0.3 is 19.1 Å². The van der Waals surface area contributed by atoms with E-state index in [0.717, 1.165) is 26.0 Å². The van der Waals surface area contributed by atoms with Crippen LogP contribution in [-0.4, -0.2) is 48.1 Å². The number of fused-ring (bicyclic) bond motifs is 1. The molecule has 4 aromatic rings. The number of rotatable bonds is 9. The minimum Gasteiger partial charge on any atom is -0.497 e. The highest BCUT2D eigenvalue weighted by atomic mass is 32.2. The van der Waals surface area contributed by atoms with E-state index < -0.39 is 32.7 Å². The molecule has 0 spiro atoms. The highest BCUT2D eigenvalue weighted by Gasteiger charge is 2.43. The molecular weight excluding hydrogens is 563 g/mol. The number of halogens is 3. The summed E-state index contributed by atoms with van der Waals surface area (Å²) < 4.78 is 73.9. The lowest BCUT2D eigenvalue weighted by molar-refractivity contribution is -0.274. The second kappa shape index (κ2) is 10.6. The Morgan fingerprint density at radius 2 is 1.59 bits per heavy atom. The highest BCUT2D eigenvalue weighted by Crippen LogP contribution is 2.34. The third kappa shape index (κ3) is 5.64. The van der Waals surface area contributed by atoms with E-state index in [4.69, 9.17) is 4.74 Å². The first-order valence-electron chi connectivity index (χ1n) is 12.2. The number of aromatic nitrogens is 1. The van der Waals surface area contributed by atoms with E-state index in [0.29, 0.717) is 28.0 Å². The summed E-state index contributed by atoms with van der Waals surface area (Å²) in [7, 11) is -2.82. The number of ether oxygens (including phenoxy) is 2. The number of benzene rings is 3. The molecule has 1 N–H and O–H groups in total. The summed E-state index contributed by atoms with van der Waals surface area (Å²) >= 11 is 0. The zero-order valence-electron chi connectivity index (χ0n) is 22.4. The summed E-state index contributed by atoms with van der Waals surface area (Å²) in [4.78, 5) is 25.0. The summed E-state index contributed by atoms with van der Waals surface area (Å²) in [6.45, 7) is 3.76. The lowest BCUT2D eigenvalue weighted by atomic mass is 10.0. The number of methoxy groups -OCH3 is 1. The van der Waals surface area contributed by atoms with Gasteiger partial charge in [0.15, 0.2) is 20.4 Å². The topological polar surface area (TPSA) is 112 Å². The largest absolute Gasteiger partial charge is 0.573 e. The van der Waals surface area contributed by atoms with Crippen LogP contribution in [0.5, 0.6) is 11.5 Å². The van der Waals surface area contributed by atoms with Crippen LogP contribution in [0.2, 0.25) is 0 Å². The van der Waals surface area contributed by atoms with E-state index in [1.807, 2.05) is 0 Å². The van der Waals surface area contributed by atoms with E-state index in [-0.39, 0.29) is 28.3 Å². The van der Waals surface area contributed by atoms with Gasteiger partial charge in [-0.3, -0.25) is 9.59 Å². The van der Waals surface area contributed by atoms with Crippen LogP contribution >= 0.6 is 0 Å². The summed E-state index contributed by atoms with van der Waals surface area (Å²) in [5, 5.41) is 9.84. The molecule has 3 aromatic carbocycles. The molecule has 0 bridgehead atoms. The maximum absolute atomic E-state index is 13.6. The molecule has 0 atom stereocenters. The predicted molar refractivity (Wildman–Crippen MR) is 144 cm³/mol. The molecule has 0 saturated carbocycles. The molecule has 0 aliphatic carbocycles. The molecule has 0 aliphatic heterocycles. The van der Waals surface area contributed by atoms with Crippen molar-refractivity contribution in [1.29, 1.82) is 0 Å². The lowest BCUT2D eigenvalue weighted by Crippen LogP contribution is -2.40. The Hall–Kier alpha value is -4.32. The minimum atomic E-state index is -4.94. The van der Waals surface area contributed by atoms with Crippen LogP contribution in [0.4, 0.5) is 13.2 Å². The fraction of sp³-hybridized carbons (Fsp3) is 0.241. The van der Waals surface area contributed by atoms with Crippen LogP contribution in [0.25, 0.3) is 10.9 Å². The van der Waals surface area contributed by atoms with E-state index in [9.17, 15) is 36.3 Å². The monoisotopic (exact) mass is 589 g/mol. The molecule has 4 rings (SSSR count). The zero-order valence-corrected chi connectivity index (χ0v) is 23.3. The van der Waals surface area contributed by atoms with Crippen LogP contribution in [0.3, 0.4) is 0 Å². The number of carbonyl (C=O) groups excluding carboxylic acids is 1. The number of hydrogen-bond donors (Lipinski definition) is 1. The van der Waals surface area contributed by atoms with Crippen molar-refractivity contribution in [2.45, 2.75) is 43.3 Å². The highest BCUT2D eigenvalue weighted by molar-refractivity contribution is 7.93. The maximum atomic E-state index is 13.6. The summed E-state index contributed by atoms with van der Waals surface area (Å²) in [6.07, 6.45) is -4.94. The lowest BCUT2D eigenvalue weighted by Gasteiger charge is -2.20. The zero-order chi connectivity index (χ0) is 30.3. The van der Waals surface area contributed by atoms with Crippen LogP contribution in [0.15, 0.2) is 71.6 Å². The number of carbonyl (C=O) groups is 2. The SMILES string of the molecule is COc1ccc(C(=O)c2c(C)n(Cc3cccc(S(=O)(=O)C(C)(C)C(=O)O)c3)c3cc(OC(F)(F)F)ccc23)cc1. The van der Waals surface area contributed by atoms with Gasteiger partial charge in [0, 0.05) is 29.3 Å². The Morgan fingerprint density at radius 3 is 2.17 bits per heavy atom. The number of sulfone groups is 1. The molecule has 1 aromatic heterocycles. The van der Waals surface area contributed by atoms with Crippen molar-refractivity contribution < 1.29 is 45.8 Å². The van der Waals surface area contributed by atoms with E-state index >= 15 is 0 Å². The van der Waals surface area contributed by atoms with Crippen molar-refractivity contribution in [3.8, 4) is 11.5 Å². The number of hydrogen-bond acceptors (Lipinski definition) is 6. The number of nitrogens with zero attached hydrogens (tertiary/aromatic N) is 1. The van der Waals surface area contributed by atoms with Crippen LogP contribution in [0, 0.1) is 6.92 Å². The number of carboxylic acid groups (broad SMARTS) is 1. The Balaban J connectivity index is 1.86. The van der Waals surface area contributed by atoms with Gasteiger partial charge in [0.25, 0.3) is 0 Å². The molecule has 0 radical (unpaired) electrons.